The summed E-state index contributed by atoms with van der Waals surface area (Å²) in [5.41, 5.74) is 3.73. The highest BCUT2D eigenvalue weighted by molar-refractivity contribution is 7.15. The minimum absolute atomic E-state index is 0.0472. The standard InChI is InChI=1S/C28H35N3O4S/c1-18-7-8-26(36-18)22-12-23-16-31(27(32)14-24-19(2)29-35-20(24)3)10-11-33-28(23)25(13-22)34-17-21-6-5-9-30(4)15-21/h7-8,12-13,21H,5-6,9-11,14-17H2,1-4H3/t21-/m0/s1. The maximum absolute atomic E-state index is 13.3. The summed E-state index contributed by atoms with van der Waals surface area (Å²) in [5, 5.41) is 4.00. The molecule has 192 valence electrons. The molecule has 1 aromatic carbocycles. The van der Waals surface area contributed by atoms with Gasteiger partial charge in [-0.1, -0.05) is 5.16 Å². The van der Waals surface area contributed by atoms with Crippen LogP contribution in [-0.2, 0) is 17.8 Å². The molecule has 2 aliphatic rings. The topological polar surface area (TPSA) is 68.0 Å². The number of carbonyl (C=O) groups excluding carboxylic acids is 1. The van der Waals surface area contributed by atoms with Crippen molar-refractivity contribution in [3.05, 3.63) is 51.7 Å². The number of thiophene rings is 1. The molecule has 4 heterocycles. The molecule has 0 bridgehead atoms. The number of fused-ring (bicyclic) bond motifs is 1. The molecule has 1 saturated heterocycles. The van der Waals surface area contributed by atoms with Crippen molar-refractivity contribution in [2.75, 3.05) is 39.9 Å². The first kappa shape index (κ1) is 24.8. The van der Waals surface area contributed by atoms with Gasteiger partial charge in [0.1, 0.15) is 12.4 Å². The molecule has 1 fully saturated rings. The molecule has 2 aromatic heterocycles. The predicted octanol–water partition coefficient (Wildman–Crippen LogP) is 5.01. The Morgan fingerprint density at radius 1 is 1.22 bits per heavy atom. The normalized spacial score (nSPS) is 18.4. The lowest BCUT2D eigenvalue weighted by Crippen LogP contribution is -2.34. The van der Waals surface area contributed by atoms with Crippen LogP contribution in [0.3, 0.4) is 0 Å². The van der Waals surface area contributed by atoms with E-state index < -0.39 is 0 Å². The van der Waals surface area contributed by atoms with Crippen molar-refractivity contribution in [3.63, 3.8) is 0 Å². The first-order valence-corrected chi connectivity index (χ1v) is 13.6. The van der Waals surface area contributed by atoms with E-state index in [1.807, 2.05) is 18.7 Å². The van der Waals surface area contributed by atoms with Crippen LogP contribution in [0.25, 0.3) is 10.4 Å². The number of hydrogen-bond donors (Lipinski definition) is 0. The number of likely N-dealkylation sites (tertiary alicyclic amines) is 1. The van der Waals surface area contributed by atoms with Crippen LogP contribution >= 0.6 is 11.3 Å². The average Bonchev–Trinajstić information content (AvgIpc) is 3.34. The fourth-order valence-corrected chi connectivity index (χ4v) is 6.02. The maximum Gasteiger partial charge on any atom is 0.227 e. The first-order chi connectivity index (χ1) is 17.4. The smallest absolute Gasteiger partial charge is 0.227 e. The van der Waals surface area contributed by atoms with Crippen LogP contribution in [0.1, 0.15) is 40.3 Å². The number of carbonyl (C=O) groups is 1. The van der Waals surface area contributed by atoms with Crippen molar-refractivity contribution in [1.82, 2.24) is 15.0 Å². The van der Waals surface area contributed by atoms with Crippen LogP contribution in [-0.4, -0.2) is 60.8 Å². The lowest BCUT2D eigenvalue weighted by molar-refractivity contribution is -0.131. The number of nitrogens with zero attached hydrogens (tertiary/aromatic N) is 3. The predicted molar refractivity (Wildman–Crippen MR) is 141 cm³/mol. The number of benzene rings is 1. The molecule has 0 radical (unpaired) electrons. The van der Waals surface area contributed by atoms with Crippen LogP contribution in [0.5, 0.6) is 11.5 Å². The van der Waals surface area contributed by atoms with Crippen molar-refractivity contribution in [3.8, 4) is 21.9 Å². The highest BCUT2D eigenvalue weighted by atomic mass is 32.1. The number of rotatable bonds is 6. The summed E-state index contributed by atoms with van der Waals surface area (Å²) in [4.78, 5) is 20.0. The summed E-state index contributed by atoms with van der Waals surface area (Å²) >= 11 is 1.76. The zero-order chi connectivity index (χ0) is 25.2. The zero-order valence-electron chi connectivity index (χ0n) is 21.6. The largest absolute Gasteiger partial charge is 0.489 e. The number of hydrogen-bond acceptors (Lipinski definition) is 7. The van der Waals surface area contributed by atoms with Gasteiger partial charge in [0.05, 0.1) is 25.3 Å². The third-order valence-electron chi connectivity index (χ3n) is 7.18. The summed E-state index contributed by atoms with van der Waals surface area (Å²) in [6, 6.07) is 8.56. The van der Waals surface area contributed by atoms with Crippen molar-refractivity contribution in [2.45, 2.75) is 46.6 Å². The van der Waals surface area contributed by atoms with Crippen molar-refractivity contribution in [1.29, 1.82) is 0 Å². The van der Waals surface area contributed by atoms with Crippen LogP contribution < -0.4 is 9.47 Å². The van der Waals surface area contributed by atoms with Crippen LogP contribution in [0.4, 0.5) is 0 Å². The maximum atomic E-state index is 13.3. The van der Waals surface area contributed by atoms with Crippen molar-refractivity contribution in [2.24, 2.45) is 5.92 Å². The fraction of sp³-hybridized carbons (Fsp3) is 0.500. The van der Waals surface area contributed by atoms with Gasteiger partial charge in [0.15, 0.2) is 11.5 Å². The zero-order valence-corrected chi connectivity index (χ0v) is 22.5. The Bertz CT molecular complexity index is 1210. The number of aryl methyl sites for hydroxylation is 3. The number of ether oxygens (including phenoxy) is 2. The molecule has 1 atom stereocenters. The quantitative estimate of drug-likeness (QED) is 0.465. The Labute approximate surface area is 217 Å². The Balaban J connectivity index is 1.42. The van der Waals surface area contributed by atoms with Crippen molar-refractivity contribution >= 4 is 17.2 Å². The van der Waals surface area contributed by atoms with E-state index in [4.69, 9.17) is 14.0 Å². The Morgan fingerprint density at radius 2 is 2.08 bits per heavy atom. The van der Waals surface area contributed by atoms with Gasteiger partial charge >= 0.3 is 0 Å². The van der Waals surface area contributed by atoms with E-state index in [9.17, 15) is 4.79 Å². The number of aromatic nitrogens is 1. The molecule has 3 aromatic rings. The molecule has 0 saturated carbocycles. The third-order valence-corrected chi connectivity index (χ3v) is 8.23. The molecular formula is C28H35N3O4S. The Hall–Kier alpha value is -2.84. The van der Waals surface area contributed by atoms with Gasteiger partial charge in [-0.15, -0.1) is 11.3 Å². The molecule has 0 aliphatic carbocycles. The van der Waals surface area contributed by atoms with Gasteiger partial charge in [0.25, 0.3) is 0 Å². The molecule has 0 spiro atoms. The van der Waals surface area contributed by atoms with Crippen LogP contribution in [0.15, 0.2) is 28.8 Å². The van der Waals surface area contributed by atoms with E-state index in [2.05, 4.69) is 48.3 Å². The Kier molecular flexibility index (Phi) is 7.34. The van der Waals surface area contributed by atoms with Crippen LogP contribution in [0.2, 0.25) is 0 Å². The second-order valence-corrected chi connectivity index (χ2v) is 11.4. The molecule has 1 amide bonds. The molecule has 0 unspecified atom stereocenters. The van der Waals surface area contributed by atoms with E-state index in [1.165, 1.54) is 22.6 Å². The molecule has 5 rings (SSSR count). The first-order valence-electron chi connectivity index (χ1n) is 12.7. The van der Waals surface area contributed by atoms with Gasteiger partial charge in [-0.2, -0.15) is 0 Å². The molecule has 2 aliphatic heterocycles. The molecule has 8 heteroatoms. The van der Waals surface area contributed by atoms with Gasteiger partial charge in [0, 0.05) is 39.9 Å². The lowest BCUT2D eigenvalue weighted by atomic mass is 9.99. The van der Waals surface area contributed by atoms with Gasteiger partial charge < -0.3 is 23.8 Å². The molecule has 36 heavy (non-hydrogen) atoms. The molecule has 0 N–H and O–H groups in total. The van der Waals surface area contributed by atoms with E-state index >= 15 is 0 Å². The summed E-state index contributed by atoms with van der Waals surface area (Å²) < 4.78 is 18.0. The number of amides is 1. The van der Waals surface area contributed by atoms with E-state index in [1.54, 1.807) is 11.3 Å². The molecular weight excluding hydrogens is 474 g/mol. The summed E-state index contributed by atoms with van der Waals surface area (Å²) in [6.45, 7) is 10.2. The highest BCUT2D eigenvalue weighted by Crippen LogP contribution is 2.40. The van der Waals surface area contributed by atoms with Gasteiger partial charge in [-0.25, -0.2) is 0 Å². The minimum Gasteiger partial charge on any atom is -0.489 e. The van der Waals surface area contributed by atoms with Gasteiger partial charge in [-0.05, 0) is 77.0 Å². The highest BCUT2D eigenvalue weighted by Gasteiger charge is 2.26. The van der Waals surface area contributed by atoms with E-state index in [0.717, 1.165) is 47.0 Å². The second-order valence-electron chi connectivity index (χ2n) is 10.1. The SMILES string of the molecule is Cc1ccc(-c2cc3c(c(OC[C@H]4CCCN(C)C4)c2)OCCN(C(=O)Cc2c(C)noc2C)C3)s1. The fourth-order valence-electron chi connectivity index (χ4n) is 5.17. The van der Waals surface area contributed by atoms with Gasteiger partial charge in [-0.3, -0.25) is 4.79 Å². The Morgan fingerprint density at radius 3 is 2.81 bits per heavy atom. The monoisotopic (exact) mass is 509 g/mol. The summed E-state index contributed by atoms with van der Waals surface area (Å²) in [5.74, 6) is 2.80. The van der Waals surface area contributed by atoms with Crippen molar-refractivity contribution < 1.29 is 18.8 Å². The minimum atomic E-state index is 0.0472. The third kappa shape index (κ3) is 5.44. The average molecular weight is 510 g/mol. The van der Waals surface area contributed by atoms with E-state index in [0.29, 0.717) is 38.0 Å². The van der Waals surface area contributed by atoms with Crippen LogP contribution in [0, 0.1) is 26.7 Å². The molecule has 7 nitrogen and oxygen atoms in total. The number of piperidine rings is 1. The van der Waals surface area contributed by atoms with E-state index in [-0.39, 0.29) is 12.3 Å². The summed E-state index contributed by atoms with van der Waals surface area (Å²) in [7, 11) is 2.18. The summed E-state index contributed by atoms with van der Waals surface area (Å²) in [6.07, 6.45) is 2.66. The second kappa shape index (κ2) is 10.6. The van der Waals surface area contributed by atoms with Gasteiger partial charge in [0.2, 0.25) is 5.91 Å². The lowest BCUT2D eigenvalue weighted by Gasteiger charge is -2.29.